The molecule has 0 aromatic heterocycles. The Morgan fingerprint density at radius 2 is 0.933 bits per heavy atom. The first-order valence-electron chi connectivity index (χ1n) is 4.81. The standard InChI is InChI=1S/C11H10N4/c12-6-10(7-13)2-1-3-11(8-14,9-15)5-4-10/h1-5H2. The van der Waals surface area contributed by atoms with Gasteiger partial charge in [-0.25, -0.2) is 0 Å². The summed E-state index contributed by atoms with van der Waals surface area (Å²) in [5.74, 6) is 0. The molecule has 74 valence electrons. The maximum atomic E-state index is 8.94. The fourth-order valence-electron chi connectivity index (χ4n) is 1.87. The van der Waals surface area contributed by atoms with Crippen molar-refractivity contribution in [3.63, 3.8) is 0 Å². The van der Waals surface area contributed by atoms with Crippen molar-refractivity contribution >= 4 is 0 Å². The Morgan fingerprint density at radius 3 is 1.20 bits per heavy atom. The molecule has 0 aromatic carbocycles. The molecule has 0 bridgehead atoms. The Balaban J connectivity index is 2.93. The van der Waals surface area contributed by atoms with Gasteiger partial charge in [0.05, 0.1) is 24.3 Å². The first-order valence-corrected chi connectivity index (χ1v) is 4.81. The molecule has 0 atom stereocenters. The zero-order valence-electron chi connectivity index (χ0n) is 8.32. The van der Waals surface area contributed by atoms with E-state index < -0.39 is 10.8 Å². The van der Waals surface area contributed by atoms with Crippen molar-refractivity contribution in [2.45, 2.75) is 32.1 Å². The van der Waals surface area contributed by atoms with Crippen LogP contribution in [0.3, 0.4) is 0 Å². The van der Waals surface area contributed by atoms with Crippen molar-refractivity contribution in [1.82, 2.24) is 0 Å². The monoisotopic (exact) mass is 198 g/mol. The molecule has 0 radical (unpaired) electrons. The largest absolute Gasteiger partial charge is 0.197 e. The third-order valence-corrected chi connectivity index (χ3v) is 3.04. The Bertz CT molecular complexity index is 342. The summed E-state index contributed by atoms with van der Waals surface area (Å²) >= 11 is 0. The Morgan fingerprint density at radius 1 is 0.600 bits per heavy atom. The van der Waals surface area contributed by atoms with E-state index >= 15 is 0 Å². The van der Waals surface area contributed by atoms with E-state index in [9.17, 15) is 0 Å². The van der Waals surface area contributed by atoms with E-state index in [1.54, 1.807) is 0 Å². The van der Waals surface area contributed by atoms with Crippen molar-refractivity contribution in [2.24, 2.45) is 10.8 Å². The van der Waals surface area contributed by atoms with Crippen LogP contribution in [0.25, 0.3) is 0 Å². The molecule has 0 unspecified atom stereocenters. The molecule has 1 saturated carbocycles. The van der Waals surface area contributed by atoms with Crippen LogP contribution in [0.15, 0.2) is 0 Å². The number of hydrogen-bond donors (Lipinski definition) is 0. The highest BCUT2D eigenvalue weighted by Crippen LogP contribution is 2.41. The maximum Gasteiger partial charge on any atom is 0.143 e. The van der Waals surface area contributed by atoms with Crippen molar-refractivity contribution in [1.29, 1.82) is 21.0 Å². The van der Waals surface area contributed by atoms with Crippen LogP contribution in [0, 0.1) is 56.2 Å². The van der Waals surface area contributed by atoms with Crippen molar-refractivity contribution in [2.75, 3.05) is 0 Å². The van der Waals surface area contributed by atoms with Crippen LogP contribution < -0.4 is 0 Å². The zero-order chi connectivity index (χ0) is 11.4. The Labute approximate surface area is 89.0 Å². The van der Waals surface area contributed by atoms with Crippen LogP contribution in [0.5, 0.6) is 0 Å². The molecule has 0 spiro atoms. The van der Waals surface area contributed by atoms with Crippen LogP contribution in [0.1, 0.15) is 32.1 Å². The molecular formula is C11H10N4. The lowest BCUT2D eigenvalue weighted by molar-refractivity contribution is 0.416. The number of nitrogens with zero attached hydrogens (tertiary/aromatic N) is 4. The lowest BCUT2D eigenvalue weighted by Crippen LogP contribution is -2.17. The topological polar surface area (TPSA) is 95.2 Å². The molecule has 0 aliphatic heterocycles. The fourth-order valence-corrected chi connectivity index (χ4v) is 1.87. The fraction of sp³-hybridized carbons (Fsp3) is 0.636. The van der Waals surface area contributed by atoms with E-state index in [-0.39, 0.29) is 0 Å². The van der Waals surface area contributed by atoms with E-state index in [0.29, 0.717) is 32.1 Å². The van der Waals surface area contributed by atoms with Gasteiger partial charge in [0.15, 0.2) is 0 Å². The first-order chi connectivity index (χ1) is 7.16. The van der Waals surface area contributed by atoms with Crippen molar-refractivity contribution < 1.29 is 0 Å². The van der Waals surface area contributed by atoms with E-state index in [2.05, 4.69) is 0 Å². The summed E-state index contributed by atoms with van der Waals surface area (Å²) in [7, 11) is 0. The van der Waals surface area contributed by atoms with Gasteiger partial charge in [-0.15, -0.1) is 0 Å². The van der Waals surface area contributed by atoms with Gasteiger partial charge in [-0.1, -0.05) is 0 Å². The molecule has 4 nitrogen and oxygen atoms in total. The summed E-state index contributed by atoms with van der Waals surface area (Å²) in [6, 6.07) is 8.05. The molecule has 1 rings (SSSR count). The molecule has 1 aliphatic rings. The van der Waals surface area contributed by atoms with Gasteiger partial charge < -0.3 is 0 Å². The number of hydrogen-bond acceptors (Lipinski definition) is 4. The van der Waals surface area contributed by atoms with Gasteiger partial charge in [0.25, 0.3) is 0 Å². The molecule has 0 heterocycles. The molecule has 0 saturated heterocycles. The highest BCUT2D eigenvalue weighted by atomic mass is 14.5. The van der Waals surface area contributed by atoms with E-state index in [1.807, 2.05) is 24.3 Å². The molecule has 0 amide bonds. The Hall–Kier alpha value is -2.04. The minimum absolute atomic E-state index is 0.321. The van der Waals surface area contributed by atoms with Gasteiger partial charge in [-0.3, -0.25) is 0 Å². The summed E-state index contributed by atoms with van der Waals surface area (Å²) in [5.41, 5.74) is -1.98. The minimum atomic E-state index is -0.991. The first kappa shape index (κ1) is 11.0. The van der Waals surface area contributed by atoms with Gasteiger partial charge in [-0.05, 0) is 32.1 Å². The summed E-state index contributed by atoms with van der Waals surface area (Å²) in [6.45, 7) is 0. The third-order valence-electron chi connectivity index (χ3n) is 3.04. The third kappa shape index (κ3) is 1.90. The molecule has 0 aromatic rings. The molecule has 1 fully saturated rings. The summed E-state index contributed by atoms with van der Waals surface area (Å²) < 4.78 is 0. The molecule has 4 heteroatoms. The lowest BCUT2D eigenvalue weighted by Gasteiger charge is -2.16. The average Bonchev–Trinajstić information content (AvgIpc) is 2.49. The van der Waals surface area contributed by atoms with Crippen molar-refractivity contribution in [3.8, 4) is 24.3 Å². The van der Waals surface area contributed by atoms with E-state index in [1.165, 1.54) is 0 Å². The van der Waals surface area contributed by atoms with Crippen LogP contribution >= 0.6 is 0 Å². The summed E-state index contributed by atoms with van der Waals surface area (Å²) in [6.07, 6.45) is 2.15. The zero-order valence-corrected chi connectivity index (χ0v) is 8.32. The Kier molecular flexibility index (Phi) is 2.94. The van der Waals surface area contributed by atoms with Crippen LogP contribution in [-0.4, -0.2) is 0 Å². The summed E-state index contributed by atoms with van der Waals surface area (Å²) in [5, 5.41) is 35.8. The quantitative estimate of drug-likeness (QED) is 0.556. The predicted molar refractivity (Wildman–Crippen MR) is 50.4 cm³/mol. The average molecular weight is 198 g/mol. The van der Waals surface area contributed by atoms with Crippen LogP contribution in [0.2, 0.25) is 0 Å². The van der Waals surface area contributed by atoms with Gasteiger partial charge in [-0.2, -0.15) is 21.0 Å². The van der Waals surface area contributed by atoms with Gasteiger partial charge >= 0.3 is 0 Å². The van der Waals surface area contributed by atoms with Crippen LogP contribution in [-0.2, 0) is 0 Å². The highest BCUT2D eigenvalue weighted by molar-refractivity contribution is 5.20. The van der Waals surface area contributed by atoms with Gasteiger partial charge in [0.1, 0.15) is 10.8 Å². The van der Waals surface area contributed by atoms with Gasteiger partial charge in [0.2, 0.25) is 0 Å². The second kappa shape index (κ2) is 4.00. The second-order valence-corrected chi connectivity index (χ2v) is 3.96. The second-order valence-electron chi connectivity index (χ2n) is 3.96. The lowest BCUT2D eigenvalue weighted by atomic mass is 9.80. The summed E-state index contributed by atoms with van der Waals surface area (Å²) in [4.78, 5) is 0. The maximum absolute atomic E-state index is 8.94. The normalized spacial score (nSPS) is 22.1. The molecule has 0 N–H and O–H groups in total. The smallest absolute Gasteiger partial charge is 0.143 e. The highest BCUT2D eigenvalue weighted by Gasteiger charge is 2.40. The predicted octanol–water partition coefficient (Wildman–Crippen LogP) is 2.02. The minimum Gasteiger partial charge on any atom is -0.197 e. The SMILES string of the molecule is N#CC1(C#N)CCCC(C#N)(C#N)CC1. The van der Waals surface area contributed by atoms with Crippen molar-refractivity contribution in [3.05, 3.63) is 0 Å². The van der Waals surface area contributed by atoms with Gasteiger partial charge in [0, 0.05) is 0 Å². The van der Waals surface area contributed by atoms with Crippen LogP contribution in [0.4, 0.5) is 0 Å². The van der Waals surface area contributed by atoms with E-state index in [4.69, 9.17) is 21.0 Å². The number of rotatable bonds is 0. The molecule has 1 aliphatic carbocycles. The molecular weight excluding hydrogens is 188 g/mol. The number of nitriles is 4. The molecule has 15 heavy (non-hydrogen) atoms. The van der Waals surface area contributed by atoms with E-state index in [0.717, 1.165) is 0 Å².